The van der Waals surface area contributed by atoms with Gasteiger partial charge in [0.2, 0.25) is 5.90 Å². The Morgan fingerprint density at radius 2 is 1.69 bits per heavy atom. The van der Waals surface area contributed by atoms with Crippen LogP contribution < -0.4 is 4.74 Å². The van der Waals surface area contributed by atoms with E-state index >= 15 is 0 Å². The third-order valence-electron chi connectivity index (χ3n) is 3.82. The van der Waals surface area contributed by atoms with Gasteiger partial charge in [0, 0.05) is 5.56 Å². The Labute approximate surface area is 150 Å². The maximum absolute atomic E-state index is 12.5. The highest BCUT2D eigenvalue weighted by atomic mass is 16.5. The zero-order valence-corrected chi connectivity index (χ0v) is 14.7. The van der Waals surface area contributed by atoms with E-state index in [0.29, 0.717) is 16.9 Å². The molecule has 2 aromatic carbocycles. The smallest absolute Gasteiger partial charge is 0.344 e. The first kappa shape index (κ1) is 17.3. The molecule has 3 aromatic rings. The molecule has 0 aliphatic carbocycles. The molecule has 0 unspecified atom stereocenters. The molecule has 0 fully saturated rings. The van der Waals surface area contributed by atoms with Gasteiger partial charge in [-0.1, -0.05) is 18.2 Å². The van der Waals surface area contributed by atoms with Crippen molar-refractivity contribution in [3.05, 3.63) is 77.1 Å². The molecule has 1 aromatic heterocycles. The molecule has 132 valence electrons. The second-order valence-electron chi connectivity index (χ2n) is 5.54. The molecule has 0 atom stereocenters. The maximum atomic E-state index is 12.5. The number of carbonyl (C=O) groups is 1. The van der Waals surface area contributed by atoms with E-state index in [-0.39, 0.29) is 5.90 Å². The summed E-state index contributed by atoms with van der Waals surface area (Å²) in [5.74, 6) is 0.274. The highest BCUT2D eigenvalue weighted by Crippen LogP contribution is 2.14. The number of hydrogen-bond acceptors (Lipinski definition) is 6. The number of hydrogen-bond donors (Lipinski definition) is 0. The van der Waals surface area contributed by atoms with Crippen LogP contribution in [-0.2, 0) is 4.74 Å². The standard InChI is InChI=1S/C19H18N4O3/c1-13-14(2)23(22-20-13)21-18(15-7-5-4-6-8-15)26-19(24)16-9-11-17(25-3)12-10-16/h4-12H,1-3H3/b21-18+. The topological polar surface area (TPSA) is 78.6 Å². The van der Waals surface area contributed by atoms with E-state index in [2.05, 4.69) is 15.4 Å². The molecule has 0 saturated carbocycles. The van der Waals surface area contributed by atoms with Gasteiger partial charge in [-0.05, 0) is 55.5 Å². The molecule has 0 aliphatic rings. The van der Waals surface area contributed by atoms with E-state index in [4.69, 9.17) is 9.47 Å². The van der Waals surface area contributed by atoms with Crippen molar-refractivity contribution in [1.29, 1.82) is 0 Å². The summed E-state index contributed by atoms with van der Waals surface area (Å²) >= 11 is 0. The molecule has 0 bridgehead atoms. The lowest BCUT2D eigenvalue weighted by molar-refractivity contribution is 0.0716. The molecule has 7 nitrogen and oxygen atoms in total. The minimum Gasteiger partial charge on any atom is -0.497 e. The van der Waals surface area contributed by atoms with Crippen LogP contribution in [0, 0.1) is 13.8 Å². The first-order valence-electron chi connectivity index (χ1n) is 7.98. The predicted octanol–water partition coefficient (Wildman–Crippen LogP) is 2.97. The van der Waals surface area contributed by atoms with Crippen LogP contribution >= 0.6 is 0 Å². The minimum absolute atomic E-state index is 0.138. The maximum Gasteiger partial charge on any atom is 0.344 e. The summed E-state index contributed by atoms with van der Waals surface area (Å²) in [6.07, 6.45) is 0. The second-order valence-corrected chi connectivity index (χ2v) is 5.54. The third-order valence-corrected chi connectivity index (χ3v) is 3.82. The Hall–Kier alpha value is -3.48. The van der Waals surface area contributed by atoms with E-state index in [0.717, 1.165) is 11.4 Å². The Morgan fingerprint density at radius 3 is 2.27 bits per heavy atom. The molecule has 0 saturated heterocycles. The van der Waals surface area contributed by atoms with Crippen LogP contribution in [-0.4, -0.2) is 34.1 Å². The molecule has 0 amide bonds. The molecule has 1 heterocycles. The summed E-state index contributed by atoms with van der Waals surface area (Å²) in [5, 5.41) is 12.3. The first-order valence-corrected chi connectivity index (χ1v) is 7.98. The average Bonchev–Trinajstić information content (AvgIpc) is 3.00. The van der Waals surface area contributed by atoms with Crippen LogP contribution in [0.15, 0.2) is 59.7 Å². The zero-order valence-electron chi connectivity index (χ0n) is 14.7. The molecular weight excluding hydrogens is 332 g/mol. The number of nitrogens with zero attached hydrogens (tertiary/aromatic N) is 4. The van der Waals surface area contributed by atoms with Crippen molar-refractivity contribution >= 4 is 11.9 Å². The summed E-state index contributed by atoms with van der Waals surface area (Å²) in [5.41, 5.74) is 2.56. The van der Waals surface area contributed by atoms with E-state index in [1.165, 1.54) is 4.79 Å². The molecular formula is C19H18N4O3. The van der Waals surface area contributed by atoms with Gasteiger partial charge >= 0.3 is 5.97 Å². The summed E-state index contributed by atoms with van der Waals surface area (Å²) in [6.45, 7) is 3.67. The van der Waals surface area contributed by atoms with Gasteiger partial charge in [-0.15, -0.1) is 15.0 Å². The van der Waals surface area contributed by atoms with Crippen LogP contribution in [0.4, 0.5) is 0 Å². The van der Waals surface area contributed by atoms with Crippen molar-refractivity contribution in [2.24, 2.45) is 5.10 Å². The normalized spacial score (nSPS) is 11.3. The fraction of sp³-hybridized carbons (Fsp3) is 0.158. The van der Waals surface area contributed by atoms with Crippen LogP contribution in [0.25, 0.3) is 0 Å². The number of aryl methyl sites for hydroxylation is 1. The Morgan fingerprint density at radius 1 is 1.00 bits per heavy atom. The van der Waals surface area contributed by atoms with Gasteiger partial charge in [0.25, 0.3) is 0 Å². The van der Waals surface area contributed by atoms with Crippen LogP contribution in [0.3, 0.4) is 0 Å². The van der Waals surface area contributed by atoms with E-state index in [1.807, 2.05) is 32.0 Å². The van der Waals surface area contributed by atoms with Gasteiger partial charge in [-0.3, -0.25) is 0 Å². The number of benzene rings is 2. The van der Waals surface area contributed by atoms with Crippen molar-refractivity contribution in [3.63, 3.8) is 0 Å². The van der Waals surface area contributed by atoms with Gasteiger partial charge < -0.3 is 9.47 Å². The van der Waals surface area contributed by atoms with Gasteiger partial charge in [-0.25, -0.2) is 4.79 Å². The number of carbonyl (C=O) groups excluding carboxylic acids is 1. The molecule has 0 spiro atoms. The fourth-order valence-electron chi connectivity index (χ4n) is 2.17. The Bertz CT molecular complexity index is 931. The minimum atomic E-state index is -0.523. The van der Waals surface area contributed by atoms with Crippen molar-refractivity contribution in [3.8, 4) is 5.75 Å². The largest absolute Gasteiger partial charge is 0.497 e. The lowest BCUT2D eigenvalue weighted by Crippen LogP contribution is -2.16. The lowest BCUT2D eigenvalue weighted by Gasteiger charge is -2.08. The molecule has 3 rings (SSSR count). The van der Waals surface area contributed by atoms with Crippen molar-refractivity contribution in [2.45, 2.75) is 13.8 Å². The van der Waals surface area contributed by atoms with E-state index < -0.39 is 5.97 Å². The van der Waals surface area contributed by atoms with Crippen LogP contribution in [0.2, 0.25) is 0 Å². The van der Waals surface area contributed by atoms with Gasteiger partial charge in [0.1, 0.15) is 5.75 Å². The average molecular weight is 350 g/mol. The summed E-state index contributed by atoms with van der Waals surface area (Å²) in [4.78, 5) is 13.9. The SMILES string of the molecule is COc1ccc(C(=O)O/C(=N/n2nnc(C)c2C)c2ccccc2)cc1. The summed E-state index contributed by atoms with van der Waals surface area (Å²) < 4.78 is 10.6. The number of esters is 1. The highest BCUT2D eigenvalue weighted by molar-refractivity contribution is 6.05. The quantitative estimate of drug-likeness (QED) is 0.411. The van der Waals surface area contributed by atoms with E-state index in [9.17, 15) is 4.79 Å². The molecule has 26 heavy (non-hydrogen) atoms. The zero-order chi connectivity index (χ0) is 18.5. The van der Waals surface area contributed by atoms with Gasteiger partial charge in [0.15, 0.2) is 0 Å². The predicted molar refractivity (Wildman–Crippen MR) is 96.3 cm³/mol. The molecule has 0 N–H and O–H groups in total. The number of aromatic nitrogens is 3. The van der Waals surface area contributed by atoms with Gasteiger partial charge in [-0.2, -0.15) is 0 Å². The molecule has 7 heteroatoms. The third kappa shape index (κ3) is 3.77. The highest BCUT2D eigenvalue weighted by Gasteiger charge is 2.15. The first-order chi connectivity index (χ1) is 12.6. The number of rotatable bonds is 4. The molecule has 0 aliphatic heterocycles. The lowest BCUT2D eigenvalue weighted by atomic mass is 10.2. The number of methoxy groups -OCH3 is 1. The van der Waals surface area contributed by atoms with E-state index in [1.54, 1.807) is 43.5 Å². The van der Waals surface area contributed by atoms with Crippen molar-refractivity contribution in [2.75, 3.05) is 7.11 Å². The van der Waals surface area contributed by atoms with Crippen LogP contribution in [0.5, 0.6) is 5.75 Å². The second kappa shape index (κ2) is 7.60. The van der Waals surface area contributed by atoms with Crippen molar-refractivity contribution in [1.82, 2.24) is 15.1 Å². The fourth-order valence-corrected chi connectivity index (χ4v) is 2.17. The van der Waals surface area contributed by atoms with Crippen LogP contribution in [0.1, 0.15) is 27.3 Å². The Balaban J connectivity index is 1.93. The summed E-state index contributed by atoms with van der Waals surface area (Å²) in [7, 11) is 1.57. The number of ether oxygens (including phenoxy) is 2. The Kier molecular flexibility index (Phi) is 5.07. The van der Waals surface area contributed by atoms with Crippen molar-refractivity contribution < 1.29 is 14.3 Å². The molecule has 0 radical (unpaired) electrons. The summed E-state index contributed by atoms with van der Waals surface area (Å²) in [6, 6.07) is 15.8. The monoisotopic (exact) mass is 350 g/mol. The van der Waals surface area contributed by atoms with Gasteiger partial charge in [0.05, 0.1) is 24.1 Å².